The molecule has 1 aliphatic heterocycles. The quantitative estimate of drug-likeness (QED) is 0.0800. The number of hydrogen-bond donors (Lipinski definition) is 1. The van der Waals surface area contributed by atoms with E-state index < -0.39 is 17.7 Å². The molecule has 1 amide bonds. The summed E-state index contributed by atoms with van der Waals surface area (Å²) in [6.07, 6.45) is 0. The highest BCUT2D eigenvalue weighted by atomic mass is 35.5. The Morgan fingerprint density at radius 3 is 2.42 bits per heavy atom. The fourth-order valence-electron chi connectivity index (χ4n) is 4.01. The molecule has 0 saturated carbocycles. The zero-order chi connectivity index (χ0) is 27.0. The molecule has 2 heterocycles. The summed E-state index contributed by atoms with van der Waals surface area (Å²) in [5, 5.41) is 21.1. The van der Waals surface area contributed by atoms with Crippen molar-refractivity contribution in [3.05, 3.63) is 110 Å². The molecule has 4 aromatic rings. The van der Waals surface area contributed by atoms with Gasteiger partial charge in [-0.1, -0.05) is 112 Å². The number of anilines is 1. The molecule has 1 unspecified atom stereocenters. The van der Waals surface area contributed by atoms with Gasteiger partial charge in [-0.2, -0.15) is 0 Å². The third kappa shape index (κ3) is 5.19. The third-order valence-corrected chi connectivity index (χ3v) is 9.15. The monoisotopic (exact) mass is 601 g/mol. The molecule has 0 radical (unpaired) electrons. The van der Waals surface area contributed by atoms with E-state index in [9.17, 15) is 14.7 Å². The lowest BCUT2D eigenvalue weighted by molar-refractivity contribution is -0.132. The minimum atomic E-state index is -0.986. The topological polar surface area (TPSA) is 83.4 Å². The molecule has 0 aliphatic carbocycles. The first kappa shape index (κ1) is 26.7. The Morgan fingerprint density at radius 1 is 0.974 bits per heavy atom. The first-order valence-electron chi connectivity index (χ1n) is 11.3. The van der Waals surface area contributed by atoms with Crippen LogP contribution in [0.3, 0.4) is 0 Å². The average molecular weight is 603 g/mol. The van der Waals surface area contributed by atoms with Crippen LogP contribution in [-0.2, 0) is 15.3 Å². The van der Waals surface area contributed by atoms with Crippen molar-refractivity contribution in [3.63, 3.8) is 0 Å². The number of thioether (sulfide) groups is 1. The van der Waals surface area contributed by atoms with Crippen LogP contribution in [0.5, 0.6) is 0 Å². The highest BCUT2D eigenvalue weighted by molar-refractivity contribution is 8.00. The average Bonchev–Trinajstić information content (AvgIpc) is 3.47. The molecular weight excluding hydrogens is 585 g/mol. The van der Waals surface area contributed by atoms with Gasteiger partial charge in [-0.3, -0.25) is 14.5 Å². The van der Waals surface area contributed by atoms with Gasteiger partial charge in [0.05, 0.1) is 21.7 Å². The number of aliphatic hydroxyl groups excluding tert-OH is 1. The van der Waals surface area contributed by atoms with E-state index in [0.29, 0.717) is 31.3 Å². The first-order valence-corrected chi connectivity index (χ1v) is 14.2. The summed E-state index contributed by atoms with van der Waals surface area (Å²) in [6.45, 7) is 1.91. The maximum atomic E-state index is 13.4. The molecule has 1 atom stereocenters. The number of aryl methyl sites for hydroxylation is 1. The predicted octanol–water partition coefficient (Wildman–Crippen LogP) is 7.73. The second kappa shape index (κ2) is 11.1. The molecule has 11 heteroatoms. The molecule has 1 aromatic heterocycles. The van der Waals surface area contributed by atoms with Crippen LogP contribution in [-0.4, -0.2) is 27.0 Å². The lowest BCUT2D eigenvalue weighted by atomic mass is 9.95. The zero-order valence-electron chi connectivity index (χ0n) is 19.7. The van der Waals surface area contributed by atoms with Crippen molar-refractivity contribution >= 4 is 80.5 Å². The molecular formula is C27H18Cl3N3O3S2. The zero-order valence-corrected chi connectivity index (χ0v) is 23.6. The normalized spacial score (nSPS) is 16.8. The lowest BCUT2D eigenvalue weighted by Crippen LogP contribution is -2.29. The Kier molecular flexibility index (Phi) is 7.79. The van der Waals surface area contributed by atoms with E-state index in [2.05, 4.69) is 10.2 Å². The van der Waals surface area contributed by atoms with E-state index in [-0.39, 0.29) is 21.5 Å². The molecule has 1 saturated heterocycles. The van der Waals surface area contributed by atoms with Crippen LogP contribution in [0.1, 0.15) is 28.3 Å². The van der Waals surface area contributed by atoms with E-state index in [4.69, 9.17) is 34.8 Å². The number of halogens is 3. The van der Waals surface area contributed by atoms with Crippen molar-refractivity contribution in [3.8, 4) is 0 Å². The first-order chi connectivity index (χ1) is 18.2. The van der Waals surface area contributed by atoms with Crippen molar-refractivity contribution in [1.29, 1.82) is 0 Å². The van der Waals surface area contributed by atoms with Crippen LogP contribution >= 0.6 is 57.9 Å². The fourth-order valence-corrected chi connectivity index (χ4v) is 6.47. The minimum Gasteiger partial charge on any atom is -0.507 e. The van der Waals surface area contributed by atoms with Gasteiger partial charge in [0.25, 0.3) is 5.78 Å². The van der Waals surface area contributed by atoms with Crippen LogP contribution in [0.2, 0.25) is 15.1 Å². The highest BCUT2D eigenvalue weighted by Gasteiger charge is 2.48. The summed E-state index contributed by atoms with van der Waals surface area (Å²) in [4.78, 5) is 27.9. The second-order valence-electron chi connectivity index (χ2n) is 8.44. The van der Waals surface area contributed by atoms with Crippen LogP contribution in [0, 0.1) is 6.92 Å². The number of Topliss-reactive ketones (excluding diaryl/α,β-unsaturated/α-hetero) is 1. The molecule has 0 bridgehead atoms. The van der Waals surface area contributed by atoms with Gasteiger partial charge in [-0.25, -0.2) is 0 Å². The van der Waals surface area contributed by atoms with Crippen LogP contribution < -0.4 is 4.90 Å². The number of aromatic nitrogens is 2. The summed E-state index contributed by atoms with van der Waals surface area (Å²) in [6, 6.07) is 18.3. The van der Waals surface area contributed by atoms with Crippen LogP contribution in [0.15, 0.2) is 76.6 Å². The minimum absolute atomic E-state index is 0.0716. The molecule has 192 valence electrons. The summed E-state index contributed by atoms with van der Waals surface area (Å²) in [5.41, 5.74) is 2.75. The molecule has 6 nitrogen and oxygen atoms in total. The number of amides is 1. The molecule has 0 spiro atoms. The second-order valence-corrected chi connectivity index (χ2v) is 11.8. The largest absolute Gasteiger partial charge is 0.507 e. The van der Waals surface area contributed by atoms with Crippen LogP contribution in [0.4, 0.5) is 5.13 Å². The van der Waals surface area contributed by atoms with Gasteiger partial charge in [-0.05, 0) is 36.2 Å². The van der Waals surface area contributed by atoms with E-state index in [0.717, 1.165) is 11.1 Å². The number of ketones is 1. The van der Waals surface area contributed by atoms with Gasteiger partial charge < -0.3 is 5.11 Å². The SMILES string of the molecule is Cc1ccc(/C(O)=C2/C(=O)C(=O)N(c3nnc(SCc4ccccc4Cl)s3)C2c2ccc(Cl)c(Cl)c2)cc1. The molecule has 1 N–H and O–H groups in total. The highest BCUT2D eigenvalue weighted by Crippen LogP contribution is 2.45. The maximum absolute atomic E-state index is 13.4. The fraction of sp³-hybridized carbons (Fsp3) is 0.111. The Hall–Kier alpha value is -2.88. The lowest BCUT2D eigenvalue weighted by Gasteiger charge is -2.22. The number of nitrogens with zero attached hydrogens (tertiary/aromatic N) is 3. The van der Waals surface area contributed by atoms with Crippen LogP contribution in [0.25, 0.3) is 5.76 Å². The molecule has 5 rings (SSSR count). The van der Waals surface area contributed by atoms with Crippen molar-refractivity contribution in [2.75, 3.05) is 4.90 Å². The number of hydrogen-bond acceptors (Lipinski definition) is 7. The number of carbonyl (C=O) groups excluding carboxylic acids is 2. The van der Waals surface area contributed by atoms with E-state index in [1.807, 2.05) is 43.3 Å². The summed E-state index contributed by atoms with van der Waals surface area (Å²) in [7, 11) is 0. The van der Waals surface area contributed by atoms with Crippen molar-refractivity contribution in [2.45, 2.75) is 23.1 Å². The predicted molar refractivity (Wildman–Crippen MR) is 153 cm³/mol. The van der Waals surface area contributed by atoms with E-state index in [1.165, 1.54) is 28.0 Å². The third-order valence-electron chi connectivity index (χ3n) is 5.94. The Balaban J connectivity index is 1.56. The summed E-state index contributed by atoms with van der Waals surface area (Å²) < 4.78 is 0.591. The number of carbonyl (C=O) groups is 2. The van der Waals surface area contributed by atoms with Gasteiger partial charge in [0.1, 0.15) is 5.76 Å². The van der Waals surface area contributed by atoms with Crippen molar-refractivity contribution < 1.29 is 14.7 Å². The smallest absolute Gasteiger partial charge is 0.301 e. The van der Waals surface area contributed by atoms with E-state index >= 15 is 0 Å². The molecule has 38 heavy (non-hydrogen) atoms. The molecule has 1 fully saturated rings. The Bertz CT molecular complexity index is 1590. The van der Waals surface area contributed by atoms with E-state index in [1.54, 1.807) is 30.3 Å². The van der Waals surface area contributed by atoms with Crippen molar-refractivity contribution in [1.82, 2.24) is 10.2 Å². The summed E-state index contributed by atoms with van der Waals surface area (Å²) in [5.74, 6) is -1.40. The Morgan fingerprint density at radius 2 is 1.71 bits per heavy atom. The van der Waals surface area contributed by atoms with Gasteiger partial charge in [0.15, 0.2) is 4.34 Å². The van der Waals surface area contributed by atoms with Gasteiger partial charge >= 0.3 is 5.91 Å². The maximum Gasteiger partial charge on any atom is 0.301 e. The number of rotatable bonds is 6. The molecule has 3 aromatic carbocycles. The molecule has 1 aliphatic rings. The Labute approximate surface area is 241 Å². The van der Waals surface area contributed by atoms with Crippen molar-refractivity contribution in [2.24, 2.45) is 0 Å². The number of benzene rings is 3. The standard InChI is InChI=1S/C27H18Cl3N3O3S2/c1-14-6-8-15(9-7-14)23(34)21-22(16-10-11-19(29)20(30)12-16)33(25(36)24(21)35)26-31-32-27(38-26)37-13-17-4-2-3-5-18(17)28/h2-12,22,34H,13H2,1H3/b23-21-. The summed E-state index contributed by atoms with van der Waals surface area (Å²) >= 11 is 21.3. The van der Waals surface area contributed by atoms with Gasteiger partial charge in [0.2, 0.25) is 5.13 Å². The van der Waals surface area contributed by atoms with Gasteiger partial charge in [-0.15, -0.1) is 10.2 Å². The number of aliphatic hydroxyl groups is 1. The van der Waals surface area contributed by atoms with Gasteiger partial charge in [0, 0.05) is 16.3 Å².